The molecule has 0 saturated carbocycles. The van der Waals surface area contributed by atoms with Crippen LogP contribution >= 0.6 is 0 Å². The number of nitrogens with zero attached hydrogens (tertiary/aromatic N) is 1. The van der Waals surface area contributed by atoms with Crippen LogP contribution in [0, 0.1) is 0 Å². The molecule has 15 heavy (non-hydrogen) atoms. The number of ether oxygens (including phenoxy) is 2. The van der Waals surface area contributed by atoms with Gasteiger partial charge in [-0.15, -0.1) is 0 Å². The van der Waals surface area contributed by atoms with E-state index in [1.54, 1.807) is 13.3 Å². The van der Waals surface area contributed by atoms with E-state index in [-0.39, 0.29) is 11.9 Å². The molecular weight excluding hydrogens is 194 g/mol. The second kappa shape index (κ2) is 4.40. The lowest BCUT2D eigenvalue weighted by Crippen LogP contribution is -2.19. The zero-order valence-corrected chi connectivity index (χ0v) is 8.60. The van der Waals surface area contributed by atoms with Crippen molar-refractivity contribution in [2.24, 2.45) is 0 Å². The van der Waals surface area contributed by atoms with Crippen LogP contribution in [0.2, 0.25) is 0 Å². The number of carbonyl (C=O) groups is 1. The van der Waals surface area contributed by atoms with Gasteiger partial charge in [-0.3, -0.25) is 4.79 Å². The molecule has 0 aromatic carbocycles. The summed E-state index contributed by atoms with van der Waals surface area (Å²) in [5.41, 5.74) is 0.954. The molecule has 4 heteroatoms. The topological polar surface area (TPSA) is 48.4 Å². The SMILES string of the molecule is COc1cc(C2CC(=O)CCO2)ccn1. The van der Waals surface area contributed by atoms with Crippen LogP contribution in [0.4, 0.5) is 0 Å². The molecule has 80 valence electrons. The van der Waals surface area contributed by atoms with E-state index >= 15 is 0 Å². The Balaban J connectivity index is 2.17. The summed E-state index contributed by atoms with van der Waals surface area (Å²) in [6, 6.07) is 3.66. The fourth-order valence-electron chi connectivity index (χ4n) is 1.63. The van der Waals surface area contributed by atoms with Crippen LogP contribution in [-0.4, -0.2) is 24.5 Å². The zero-order chi connectivity index (χ0) is 10.7. The first-order valence-corrected chi connectivity index (χ1v) is 4.93. The van der Waals surface area contributed by atoms with Crippen molar-refractivity contribution in [2.75, 3.05) is 13.7 Å². The Morgan fingerprint density at radius 3 is 3.20 bits per heavy atom. The van der Waals surface area contributed by atoms with E-state index in [2.05, 4.69) is 4.98 Å². The van der Waals surface area contributed by atoms with E-state index in [1.165, 1.54) is 0 Å². The van der Waals surface area contributed by atoms with Crippen molar-refractivity contribution >= 4 is 5.78 Å². The molecular formula is C11H13NO3. The molecule has 1 aromatic rings. The maximum absolute atomic E-state index is 11.3. The summed E-state index contributed by atoms with van der Waals surface area (Å²) in [6.07, 6.45) is 2.51. The number of hydrogen-bond donors (Lipinski definition) is 0. The van der Waals surface area contributed by atoms with Crippen LogP contribution in [0.15, 0.2) is 18.3 Å². The van der Waals surface area contributed by atoms with E-state index in [9.17, 15) is 4.79 Å². The van der Waals surface area contributed by atoms with Crippen LogP contribution in [0.3, 0.4) is 0 Å². The number of rotatable bonds is 2. The molecule has 1 fully saturated rings. The van der Waals surface area contributed by atoms with Gasteiger partial charge in [0.05, 0.1) is 19.8 Å². The number of Topliss-reactive ketones (excluding diaryl/α,β-unsaturated/α-hetero) is 1. The summed E-state index contributed by atoms with van der Waals surface area (Å²) in [5.74, 6) is 0.802. The van der Waals surface area contributed by atoms with Gasteiger partial charge < -0.3 is 9.47 Å². The van der Waals surface area contributed by atoms with E-state index in [4.69, 9.17) is 9.47 Å². The molecule has 1 aromatic heterocycles. The molecule has 0 amide bonds. The maximum Gasteiger partial charge on any atom is 0.213 e. The number of carbonyl (C=O) groups excluding carboxylic acids is 1. The van der Waals surface area contributed by atoms with Crippen molar-refractivity contribution in [3.05, 3.63) is 23.9 Å². The first kappa shape index (κ1) is 10.1. The highest BCUT2D eigenvalue weighted by Gasteiger charge is 2.21. The van der Waals surface area contributed by atoms with Crippen molar-refractivity contribution < 1.29 is 14.3 Å². The summed E-state index contributed by atoms with van der Waals surface area (Å²) >= 11 is 0. The highest BCUT2D eigenvalue weighted by molar-refractivity contribution is 5.79. The summed E-state index contributed by atoms with van der Waals surface area (Å²) in [5, 5.41) is 0. The van der Waals surface area contributed by atoms with Gasteiger partial charge in [-0.1, -0.05) is 0 Å². The van der Waals surface area contributed by atoms with Gasteiger partial charge in [0.1, 0.15) is 5.78 Å². The molecule has 0 radical (unpaired) electrons. The molecule has 2 rings (SSSR count). The minimum Gasteiger partial charge on any atom is -0.481 e. The second-order valence-corrected chi connectivity index (χ2v) is 3.48. The van der Waals surface area contributed by atoms with Crippen LogP contribution in [0.5, 0.6) is 5.88 Å². The first-order valence-electron chi connectivity index (χ1n) is 4.93. The average molecular weight is 207 g/mol. The Morgan fingerprint density at radius 1 is 1.60 bits per heavy atom. The number of methoxy groups -OCH3 is 1. The second-order valence-electron chi connectivity index (χ2n) is 3.48. The largest absolute Gasteiger partial charge is 0.481 e. The lowest BCUT2D eigenvalue weighted by molar-refractivity contribution is -0.128. The predicted octanol–water partition coefficient (Wildman–Crippen LogP) is 1.51. The van der Waals surface area contributed by atoms with Crippen molar-refractivity contribution in [3.63, 3.8) is 0 Å². The Bertz CT molecular complexity index is 365. The van der Waals surface area contributed by atoms with Gasteiger partial charge in [-0.25, -0.2) is 4.98 Å². The van der Waals surface area contributed by atoms with Crippen LogP contribution in [0.1, 0.15) is 24.5 Å². The smallest absolute Gasteiger partial charge is 0.213 e. The van der Waals surface area contributed by atoms with Crippen molar-refractivity contribution in [3.8, 4) is 5.88 Å². The quantitative estimate of drug-likeness (QED) is 0.737. The van der Waals surface area contributed by atoms with Crippen molar-refractivity contribution in [1.82, 2.24) is 4.98 Å². The molecule has 0 N–H and O–H groups in total. The minimum absolute atomic E-state index is 0.136. The fourth-order valence-corrected chi connectivity index (χ4v) is 1.63. The minimum atomic E-state index is -0.136. The van der Waals surface area contributed by atoms with Gasteiger partial charge in [-0.2, -0.15) is 0 Å². The average Bonchev–Trinajstić information content (AvgIpc) is 2.29. The molecule has 0 bridgehead atoms. The third-order valence-electron chi connectivity index (χ3n) is 2.45. The first-order chi connectivity index (χ1) is 7.29. The molecule has 1 aliphatic rings. The zero-order valence-electron chi connectivity index (χ0n) is 8.60. The highest BCUT2D eigenvalue weighted by atomic mass is 16.5. The third-order valence-corrected chi connectivity index (χ3v) is 2.45. The normalized spacial score (nSPS) is 21.4. The number of hydrogen-bond acceptors (Lipinski definition) is 4. The van der Waals surface area contributed by atoms with Crippen molar-refractivity contribution in [1.29, 1.82) is 0 Å². The molecule has 0 aliphatic carbocycles. The van der Waals surface area contributed by atoms with E-state index in [0.717, 1.165) is 5.56 Å². The Hall–Kier alpha value is -1.42. The van der Waals surface area contributed by atoms with Gasteiger partial charge in [0.2, 0.25) is 5.88 Å². The maximum atomic E-state index is 11.3. The number of pyridine rings is 1. The standard InChI is InChI=1S/C11H13NO3/c1-14-11-6-8(2-4-12-11)10-7-9(13)3-5-15-10/h2,4,6,10H,3,5,7H2,1H3. The Morgan fingerprint density at radius 2 is 2.47 bits per heavy atom. The Kier molecular flexibility index (Phi) is 2.97. The molecule has 2 heterocycles. The predicted molar refractivity (Wildman–Crippen MR) is 53.7 cm³/mol. The van der Waals surface area contributed by atoms with Gasteiger partial charge in [0, 0.05) is 25.1 Å². The molecule has 0 spiro atoms. The summed E-state index contributed by atoms with van der Waals surface area (Å²) in [4.78, 5) is 15.3. The summed E-state index contributed by atoms with van der Waals surface area (Å²) in [6.45, 7) is 0.508. The molecule has 1 aliphatic heterocycles. The fraction of sp³-hybridized carbons (Fsp3) is 0.455. The lowest BCUT2D eigenvalue weighted by atomic mass is 10.0. The van der Waals surface area contributed by atoms with E-state index in [1.807, 2.05) is 12.1 Å². The molecule has 1 unspecified atom stereocenters. The summed E-state index contributed by atoms with van der Waals surface area (Å²) < 4.78 is 10.6. The van der Waals surface area contributed by atoms with Crippen LogP contribution in [-0.2, 0) is 9.53 Å². The monoisotopic (exact) mass is 207 g/mol. The lowest BCUT2D eigenvalue weighted by Gasteiger charge is -2.22. The third kappa shape index (κ3) is 2.33. The van der Waals surface area contributed by atoms with Crippen LogP contribution in [0.25, 0.3) is 0 Å². The van der Waals surface area contributed by atoms with Gasteiger partial charge in [-0.05, 0) is 11.6 Å². The van der Waals surface area contributed by atoms with Crippen LogP contribution < -0.4 is 4.74 Å². The number of aromatic nitrogens is 1. The van der Waals surface area contributed by atoms with E-state index in [0.29, 0.717) is 25.3 Å². The molecule has 1 atom stereocenters. The van der Waals surface area contributed by atoms with Gasteiger partial charge >= 0.3 is 0 Å². The molecule has 4 nitrogen and oxygen atoms in total. The van der Waals surface area contributed by atoms with Gasteiger partial charge in [0.15, 0.2) is 0 Å². The van der Waals surface area contributed by atoms with Crippen molar-refractivity contribution in [2.45, 2.75) is 18.9 Å². The summed E-state index contributed by atoms with van der Waals surface area (Å²) in [7, 11) is 1.57. The van der Waals surface area contributed by atoms with Gasteiger partial charge in [0.25, 0.3) is 0 Å². The molecule has 1 saturated heterocycles. The highest BCUT2D eigenvalue weighted by Crippen LogP contribution is 2.27. The van der Waals surface area contributed by atoms with E-state index < -0.39 is 0 Å². The number of ketones is 1. The Labute approximate surface area is 88.2 Å².